The van der Waals surface area contributed by atoms with E-state index >= 15 is 0 Å². The molecule has 0 aliphatic rings. The summed E-state index contributed by atoms with van der Waals surface area (Å²) in [5.74, 6) is -2.12. The van der Waals surface area contributed by atoms with Gasteiger partial charge >= 0.3 is 5.97 Å². The first kappa shape index (κ1) is 20.0. The summed E-state index contributed by atoms with van der Waals surface area (Å²) in [6, 6.07) is 3.00. The molecular weight excluding hydrogens is 362 g/mol. The number of thiophene rings is 1. The van der Waals surface area contributed by atoms with Crippen LogP contribution in [0.4, 0.5) is 13.8 Å². The van der Waals surface area contributed by atoms with Crippen LogP contribution in [-0.4, -0.2) is 25.5 Å². The smallest absolute Gasteiger partial charge is 0.341 e. The lowest BCUT2D eigenvalue weighted by Gasteiger charge is -2.12. The third-order valence-corrected chi connectivity index (χ3v) is 5.26. The van der Waals surface area contributed by atoms with Crippen molar-refractivity contribution in [1.82, 2.24) is 0 Å². The van der Waals surface area contributed by atoms with E-state index in [-0.39, 0.29) is 18.5 Å². The predicted octanol–water partition coefficient (Wildman–Crippen LogP) is 2.69. The molecule has 8 heteroatoms. The largest absolute Gasteiger partial charge is 0.465 e. The Morgan fingerprint density at radius 3 is 2.62 bits per heavy atom. The lowest BCUT2D eigenvalue weighted by atomic mass is 10.1. The molecule has 140 valence electrons. The summed E-state index contributed by atoms with van der Waals surface area (Å²) in [6.07, 6.45) is 0. The highest BCUT2D eigenvalue weighted by atomic mass is 32.1. The Morgan fingerprint density at radius 1 is 1.31 bits per heavy atom. The molecular formula is C18H21F2N2O3S+. The molecule has 0 aliphatic heterocycles. The van der Waals surface area contributed by atoms with Crippen LogP contribution in [0.15, 0.2) is 18.2 Å². The zero-order chi connectivity index (χ0) is 19.4. The number of carbonyl (C=O) groups is 2. The number of quaternary nitrogens is 1. The lowest BCUT2D eigenvalue weighted by molar-refractivity contribution is -0.682. The number of benzene rings is 1. The van der Waals surface area contributed by atoms with Crippen molar-refractivity contribution in [3.63, 3.8) is 0 Å². The van der Waals surface area contributed by atoms with Crippen LogP contribution in [0.5, 0.6) is 0 Å². The van der Waals surface area contributed by atoms with Gasteiger partial charge in [0, 0.05) is 16.5 Å². The van der Waals surface area contributed by atoms with Crippen molar-refractivity contribution < 1.29 is 28.4 Å². The monoisotopic (exact) mass is 383 g/mol. The first-order valence-electron chi connectivity index (χ1n) is 8.01. The highest BCUT2D eigenvalue weighted by Crippen LogP contribution is 2.32. The second-order valence-corrected chi connectivity index (χ2v) is 7.15. The number of aryl methyl sites for hydroxylation is 1. The van der Waals surface area contributed by atoms with E-state index in [0.29, 0.717) is 16.1 Å². The minimum absolute atomic E-state index is 0.0224. The van der Waals surface area contributed by atoms with Gasteiger partial charge in [-0.15, -0.1) is 11.3 Å². The van der Waals surface area contributed by atoms with Crippen molar-refractivity contribution in [2.45, 2.75) is 26.8 Å². The summed E-state index contributed by atoms with van der Waals surface area (Å²) < 4.78 is 31.5. The molecule has 26 heavy (non-hydrogen) atoms. The highest BCUT2D eigenvalue weighted by molar-refractivity contribution is 7.16. The van der Waals surface area contributed by atoms with Crippen LogP contribution in [0.3, 0.4) is 0 Å². The quantitative estimate of drug-likeness (QED) is 0.754. The lowest BCUT2D eigenvalue weighted by Crippen LogP contribution is -2.86. The Hall–Kier alpha value is -2.32. The fraction of sp³-hybridized carbons (Fsp3) is 0.333. The van der Waals surface area contributed by atoms with Crippen LogP contribution in [-0.2, 0) is 9.53 Å². The number of amides is 1. The van der Waals surface area contributed by atoms with Gasteiger partial charge in [0.15, 0.2) is 6.54 Å². The van der Waals surface area contributed by atoms with E-state index in [4.69, 9.17) is 4.74 Å². The number of hydrogen-bond donors (Lipinski definition) is 2. The van der Waals surface area contributed by atoms with Gasteiger partial charge in [-0.05, 0) is 38.5 Å². The maximum absolute atomic E-state index is 13.8. The van der Waals surface area contributed by atoms with Crippen LogP contribution in [0.25, 0.3) is 0 Å². The normalized spacial score (nSPS) is 11.9. The molecule has 2 rings (SSSR count). The van der Waals surface area contributed by atoms with E-state index in [1.165, 1.54) is 30.6 Å². The first-order valence-corrected chi connectivity index (χ1v) is 8.82. The second-order valence-electron chi connectivity index (χ2n) is 5.92. The molecule has 1 heterocycles. The average molecular weight is 383 g/mol. The van der Waals surface area contributed by atoms with Gasteiger partial charge < -0.3 is 15.4 Å². The molecule has 0 saturated carbocycles. The van der Waals surface area contributed by atoms with Crippen LogP contribution >= 0.6 is 11.3 Å². The van der Waals surface area contributed by atoms with Crippen LogP contribution < -0.4 is 10.6 Å². The van der Waals surface area contributed by atoms with E-state index in [0.717, 1.165) is 16.5 Å². The maximum atomic E-state index is 13.8. The maximum Gasteiger partial charge on any atom is 0.341 e. The van der Waals surface area contributed by atoms with Crippen molar-refractivity contribution in [3.05, 3.63) is 51.4 Å². The summed E-state index contributed by atoms with van der Waals surface area (Å²) in [5.41, 5.74) is 1.43. The first-order chi connectivity index (χ1) is 12.2. The number of anilines is 1. The molecule has 5 nitrogen and oxygen atoms in total. The molecule has 1 atom stereocenters. The number of carbonyl (C=O) groups excluding carboxylic acids is 2. The molecule has 1 amide bonds. The van der Waals surface area contributed by atoms with Crippen molar-refractivity contribution in [1.29, 1.82) is 0 Å². The number of rotatable bonds is 6. The van der Waals surface area contributed by atoms with Crippen molar-refractivity contribution in [2.75, 3.05) is 19.0 Å². The minimum atomic E-state index is -0.647. The van der Waals surface area contributed by atoms with Gasteiger partial charge in [-0.2, -0.15) is 0 Å². The Bertz CT molecular complexity index is 836. The number of nitrogens with two attached hydrogens (primary N) is 1. The average Bonchev–Trinajstić information content (AvgIpc) is 2.86. The molecule has 0 aliphatic carbocycles. The summed E-state index contributed by atoms with van der Waals surface area (Å²) in [7, 11) is 1.28. The third-order valence-electron chi connectivity index (χ3n) is 4.14. The van der Waals surface area contributed by atoms with Gasteiger partial charge in [0.1, 0.15) is 22.7 Å². The molecule has 0 spiro atoms. The molecule has 1 aromatic carbocycles. The molecule has 0 bridgehead atoms. The minimum Gasteiger partial charge on any atom is -0.465 e. The van der Waals surface area contributed by atoms with Gasteiger partial charge in [0.2, 0.25) is 0 Å². The van der Waals surface area contributed by atoms with Crippen LogP contribution in [0.1, 0.15) is 39.3 Å². The van der Waals surface area contributed by atoms with Gasteiger partial charge in [0.05, 0.1) is 12.7 Å². The number of ether oxygens (including phenoxy) is 1. The third kappa shape index (κ3) is 4.44. The van der Waals surface area contributed by atoms with Crippen molar-refractivity contribution in [2.24, 2.45) is 0 Å². The highest BCUT2D eigenvalue weighted by Gasteiger charge is 2.22. The van der Waals surface area contributed by atoms with Crippen molar-refractivity contribution in [3.8, 4) is 0 Å². The molecule has 0 saturated heterocycles. The predicted molar refractivity (Wildman–Crippen MR) is 95.3 cm³/mol. The molecule has 0 unspecified atom stereocenters. The molecule has 3 N–H and O–H groups in total. The molecule has 0 fully saturated rings. The van der Waals surface area contributed by atoms with Gasteiger partial charge in [-0.3, -0.25) is 4.79 Å². The fourth-order valence-corrected chi connectivity index (χ4v) is 3.59. The van der Waals surface area contributed by atoms with E-state index in [2.05, 4.69) is 5.32 Å². The summed E-state index contributed by atoms with van der Waals surface area (Å²) in [4.78, 5) is 25.1. The van der Waals surface area contributed by atoms with Crippen LogP contribution in [0.2, 0.25) is 0 Å². The van der Waals surface area contributed by atoms with Gasteiger partial charge in [-0.25, -0.2) is 13.6 Å². The summed E-state index contributed by atoms with van der Waals surface area (Å²) >= 11 is 1.30. The van der Waals surface area contributed by atoms with E-state index in [1.807, 2.05) is 6.92 Å². The summed E-state index contributed by atoms with van der Waals surface area (Å²) in [6.45, 7) is 5.39. The number of halogens is 2. The topological polar surface area (TPSA) is 72.0 Å². The van der Waals surface area contributed by atoms with E-state index in [1.54, 1.807) is 19.2 Å². The Morgan fingerprint density at radius 2 is 2.00 bits per heavy atom. The van der Waals surface area contributed by atoms with Crippen LogP contribution in [0, 0.1) is 25.5 Å². The number of nitrogens with one attached hydrogen (secondary N) is 1. The number of hydrogen-bond acceptors (Lipinski definition) is 4. The second kappa shape index (κ2) is 8.37. The fourth-order valence-electron chi connectivity index (χ4n) is 2.52. The molecule has 2 aromatic rings. The van der Waals surface area contributed by atoms with Gasteiger partial charge in [-0.1, -0.05) is 0 Å². The standard InChI is InChI=1S/C18H20F2N2O3S/c1-9-11(3)26-17(16(9)18(24)25-4)22-15(23)8-21-10(2)13-6-5-12(19)7-14(13)20/h5-7,10,21H,8H2,1-4H3,(H,22,23)/p+1/t10-/m0/s1. The number of esters is 1. The SMILES string of the molecule is COC(=O)c1c(NC(=O)C[NH2+][C@@H](C)c2ccc(F)cc2F)sc(C)c1C. The van der Waals surface area contributed by atoms with Gasteiger partial charge in [0.25, 0.3) is 5.91 Å². The molecule has 0 radical (unpaired) electrons. The Labute approximate surface area is 154 Å². The molecule has 1 aromatic heterocycles. The zero-order valence-corrected chi connectivity index (χ0v) is 15.8. The number of methoxy groups -OCH3 is 1. The zero-order valence-electron chi connectivity index (χ0n) is 15.0. The van der Waals surface area contributed by atoms with E-state index in [9.17, 15) is 18.4 Å². The summed E-state index contributed by atoms with van der Waals surface area (Å²) in [5, 5.41) is 4.78. The Balaban J connectivity index is 2.03. The van der Waals surface area contributed by atoms with E-state index < -0.39 is 17.6 Å². The Kier molecular flexibility index (Phi) is 6.44. The van der Waals surface area contributed by atoms with Crippen molar-refractivity contribution >= 4 is 28.2 Å².